The van der Waals surface area contributed by atoms with Crippen molar-refractivity contribution in [2.75, 3.05) is 14.2 Å². The number of methoxy groups -OCH3 is 2. The van der Waals surface area contributed by atoms with Crippen molar-refractivity contribution in [1.82, 2.24) is 14.5 Å². The van der Waals surface area contributed by atoms with Gasteiger partial charge in [-0.1, -0.05) is 0 Å². The first-order valence-corrected chi connectivity index (χ1v) is 8.51. The fourth-order valence-electron chi connectivity index (χ4n) is 2.29. The van der Waals surface area contributed by atoms with E-state index in [-0.39, 0.29) is 4.90 Å². The first-order valence-electron chi connectivity index (χ1n) is 7.03. The molecule has 1 aromatic carbocycles. The van der Waals surface area contributed by atoms with Crippen LogP contribution in [-0.4, -0.2) is 32.4 Å². The summed E-state index contributed by atoms with van der Waals surface area (Å²) in [6.45, 7) is 3.67. The van der Waals surface area contributed by atoms with E-state index in [2.05, 4.69) is 9.82 Å². The zero-order chi connectivity index (χ0) is 17.2. The molecule has 2 aromatic rings. The van der Waals surface area contributed by atoms with Crippen LogP contribution in [0.1, 0.15) is 24.2 Å². The van der Waals surface area contributed by atoms with Crippen LogP contribution >= 0.6 is 0 Å². The van der Waals surface area contributed by atoms with E-state index in [1.165, 1.54) is 26.4 Å². The molecule has 1 heterocycles. The molecular weight excluding hydrogens is 318 g/mol. The van der Waals surface area contributed by atoms with E-state index in [1.54, 1.807) is 23.9 Å². The first-order chi connectivity index (χ1) is 10.8. The number of aryl methyl sites for hydroxylation is 1. The summed E-state index contributed by atoms with van der Waals surface area (Å²) >= 11 is 0. The van der Waals surface area contributed by atoms with E-state index >= 15 is 0 Å². The third-order valence-electron chi connectivity index (χ3n) is 3.74. The van der Waals surface area contributed by atoms with Crippen LogP contribution in [0.3, 0.4) is 0 Å². The van der Waals surface area contributed by atoms with Gasteiger partial charge in [0.1, 0.15) is 0 Å². The Kier molecular flexibility index (Phi) is 4.96. The third kappa shape index (κ3) is 3.48. The summed E-state index contributed by atoms with van der Waals surface area (Å²) in [7, 11) is 1.08. The van der Waals surface area contributed by atoms with Gasteiger partial charge in [0.05, 0.1) is 25.3 Å². The number of aromatic nitrogens is 2. The monoisotopic (exact) mass is 339 g/mol. The molecule has 23 heavy (non-hydrogen) atoms. The summed E-state index contributed by atoms with van der Waals surface area (Å²) in [5.41, 5.74) is 1.74. The minimum absolute atomic E-state index is 0.114. The van der Waals surface area contributed by atoms with Crippen molar-refractivity contribution in [3.05, 3.63) is 35.7 Å². The first kappa shape index (κ1) is 17.3. The molecule has 0 aliphatic heterocycles. The second-order valence-corrected chi connectivity index (χ2v) is 6.88. The summed E-state index contributed by atoms with van der Waals surface area (Å²) < 4.78 is 39.8. The van der Waals surface area contributed by atoms with Crippen molar-refractivity contribution in [3.63, 3.8) is 0 Å². The SMILES string of the molecule is COc1ccc(S(=O)(=O)NC(C)c2cnn(C)c2C)cc1OC. The van der Waals surface area contributed by atoms with E-state index < -0.39 is 16.1 Å². The smallest absolute Gasteiger partial charge is 0.241 e. The van der Waals surface area contributed by atoms with E-state index in [1.807, 2.05) is 14.0 Å². The average molecular weight is 339 g/mol. The molecule has 1 atom stereocenters. The van der Waals surface area contributed by atoms with Crippen LogP contribution in [0.2, 0.25) is 0 Å². The van der Waals surface area contributed by atoms with Gasteiger partial charge in [0.25, 0.3) is 0 Å². The lowest BCUT2D eigenvalue weighted by molar-refractivity contribution is 0.354. The predicted molar refractivity (Wildman–Crippen MR) is 86.2 cm³/mol. The minimum Gasteiger partial charge on any atom is -0.493 e. The topological polar surface area (TPSA) is 82.5 Å². The average Bonchev–Trinajstić information content (AvgIpc) is 2.85. The highest BCUT2D eigenvalue weighted by molar-refractivity contribution is 7.89. The molecule has 0 amide bonds. The normalized spacial score (nSPS) is 12.9. The Morgan fingerprint density at radius 2 is 1.87 bits per heavy atom. The second-order valence-electron chi connectivity index (χ2n) is 5.17. The van der Waals surface area contributed by atoms with Crippen molar-refractivity contribution in [3.8, 4) is 11.5 Å². The number of benzene rings is 1. The fraction of sp³-hybridized carbons (Fsp3) is 0.400. The lowest BCUT2D eigenvalue weighted by atomic mass is 10.1. The maximum absolute atomic E-state index is 12.6. The molecule has 1 N–H and O–H groups in total. The molecule has 0 saturated carbocycles. The van der Waals surface area contributed by atoms with E-state index in [0.717, 1.165) is 11.3 Å². The van der Waals surface area contributed by atoms with Crippen molar-refractivity contribution in [2.24, 2.45) is 7.05 Å². The molecule has 0 bridgehead atoms. The van der Waals surface area contributed by atoms with Crippen LogP contribution in [0.15, 0.2) is 29.3 Å². The highest BCUT2D eigenvalue weighted by Crippen LogP contribution is 2.30. The Morgan fingerprint density at radius 3 is 2.39 bits per heavy atom. The van der Waals surface area contributed by atoms with Gasteiger partial charge >= 0.3 is 0 Å². The van der Waals surface area contributed by atoms with Gasteiger partial charge in [-0.25, -0.2) is 13.1 Å². The molecule has 1 aromatic heterocycles. The fourth-order valence-corrected chi connectivity index (χ4v) is 3.53. The maximum atomic E-state index is 12.6. The molecule has 0 aliphatic rings. The van der Waals surface area contributed by atoms with Crippen LogP contribution in [0, 0.1) is 6.92 Å². The lowest BCUT2D eigenvalue weighted by Gasteiger charge is -2.15. The Labute approximate surface area is 136 Å². The van der Waals surface area contributed by atoms with Crippen molar-refractivity contribution < 1.29 is 17.9 Å². The number of rotatable bonds is 6. The quantitative estimate of drug-likeness (QED) is 0.867. The zero-order valence-electron chi connectivity index (χ0n) is 13.8. The van der Waals surface area contributed by atoms with Gasteiger partial charge in [0.2, 0.25) is 10.0 Å². The van der Waals surface area contributed by atoms with Gasteiger partial charge < -0.3 is 9.47 Å². The van der Waals surface area contributed by atoms with Gasteiger partial charge in [-0.15, -0.1) is 0 Å². The molecule has 0 spiro atoms. The molecule has 7 nitrogen and oxygen atoms in total. The summed E-state index contributed by atoms with van der Waals surface area (Å²) in [6, 6.07) is 4.07. The number of hydrogen-bond donors (Lipinski definition) is 1. The second kappa shape index (κ2) is 6.59. The van der Waals surface area contributed by atoms with Crippen LogP contribution in [0.25, 0.3) is 0 Å². The molecule has 0 saturated heterocycles. The number of ether oxygens (including phenoxy) is 2. The summed E-state index contributed by atoms with van der Waals surface area (Å²) in [5.74, 6) is 0.836. The summed E-state index contributed by atoms with van der Waals surface area (Å²) in [6.07, 6.45) is 1.66. The molecule has 0 aliphatic carbocycles. The van der Waals surface area contributed by atoms with Gasteiger partial charge in [-0.2, -0.15) is 5.10 Å². The van der Waals surface area contributed by atoms with Gasteiger partial charge in [-0.05, 0) is 26.0 Å². The number of nitrogens with zero attached hydrogens (tertiary/aromatic N) is 2. The molecule has 2 rings (SSSR count). The standard InChI is InChI=1S/C15H21N3O4S/c1-10(13-9-16-18(3)11(13)2)17-23(19,20)12-6-7-14(21-4)15(8-12)22-5/h6-10,17H,1-5H3. The molecule has 0 radical (unpaired) electrons. The molecule has 8 heteroatoms. The summed E-state index contributed by atoms with van der Waals surface area (Å²) in [5, 5.41) is 4.14. The number of sulfonamides is 1. The zero-order valence-corrected chi connectivity index (χ0v) is 14.6. The molecule has 0 fully saturated rings. The Bertz CT molecular complexity index is 799. The molecule has 126 valence electrons. The largest absolute Gasteiger partial charge is 0.493 e. The van der Waals surface area contributed by atoms with Gasteiger partial charge in [0, 0.05) is 30.4 Å². The Balaban J connectivity index is 2.30. The van der Waals surface area contributed by atoms with Crippen molar-refractivity contribution in [2.45, 2.75) is 24.8 Å². The van der Waals surface area contributed by atoms with Crippen molar-refractivity contribution >= 4 is 10.0 Å². The van der Waals surface area contributed by atoms with Crippen LogP contribution in [0.4, 0.5) is 0 Å². The highest BCUT2D eigenvalue weighted by Gasteiger charge is 2.22. The van der Waals surface area contributed by atoms with Crippen LogP contribution in [0.5, 0.6) is 11.5 Å². The predicted octanol–water partition coefficient (Wildman–Crippen LogP) is 1.79. The van der Waals surface area contributed by atoms with Crippen LogP contribution in [-0.2, 0) is 17.1 Å². The summed E-state index contributed by atoms with van der Waals surface area (Å²) in [4.78, 5) is 0.114. The Morgan fingerprint density at radius 1 is 1.22 bits per heavy atom. The van der Waals surface area contributed by atoms with E-state index in [9.17, 15) is 8.42 Å². The lowest BCUT2D eigenvalue weighted by Crippen LogP contribution is -2.27. The minimum atomic E-state index is -3.70. The molecular formula is C15H21N3O4S. The van der Waals surface area contributed by atoms with Gasteiger partial charge in [-0.3, -0.25) is 4.68 Å². The van der Waals surface area contributed by atoms with Crippen LogP contribution < -0.4 is 14.2 Å². The van der Waals surface area contributed by atoms with Gasteiger partial charge in [0.15, 0.2) is 11.5 Å². The van der Waals surface area contributed by atoms with E-state index in [0.29, 0.717) is 11.5 Å². The highest BCUT2D eigenvalue weighted by atomic mass is 32.2. The molecule has 1 unspecified atom stereocenters. The van der Waals surface area contributed by atoms with E-state index in [4.69, 9.17) is 9.47 Å². The number of nitrogens with one attached hydrogen (secondary N) is 1. The van der Waals surface area contributed by atoms with Crippen molar-refractivity contribution in [1.29, 1.82) is 0 Å². The number of hydrogen-bond acceptors (Lipinski definition) is 5. The maximum Gasteiger partial charge on any atom is 0.241 e. The Hall–Kier alpha value is -2.06. The third-order valence-corrected chi connectivity index (χ3v) is 5.28.